The lowest BCUT2D eigenvalue weighted by Gasteiger charge is -2.11. The lowest BCUT2D eigenvalue weighted by molar-refractivity contribution is 0.0845. The summed E-state index contributed by atoms with van der Waals surface area (Å²) in [7, 11) is 2.98. The van der Waals surface area contributed by atoms with E-state index in [1.165, 1.54) is 14.2 Å². The zero-order valence-electron chi connectivity index (χ0n) is 14.4. The Kier molecular flexibility index (Phi) is 5.03. The molecule has 0 aliphatic rings. The summed E-state index contributed by atoms with van der Waals surface area (Å²) >= 11 is 0. The molecule has 0 heterocycles. The number of carbonyl (C=O) groups is 2. The van der Waals surface area contributed by atoms with E-state index in [9.17, 15) is 9.59 Å². The van der Waals surface area contributed by atoms with Gasteiger partial charge in [0, 0.05) is 11.6 Å². The van der Waals surface area contributed by atoms with Gasteiger partial charge in [-0.25, -0.2) is 0 Å². The normalized spacial score (nSPS) is 10.2. The highest BCUT2D eigenvalue weighted by molar-refractivity contribution is 6.02. The maximum absolute atomic E-state index is 12.3. The smallest absolute Gasteiger partial charge is 0.273 e. The van der Waals surface area contributed by atoms with Crippen LogP contribution in [0.1, 0.15) is 20.7 Å². The average Bonchev–Trinajstić information content (AvgIpc) is 2.70. The van der Waals surface area contributed by atoms with Gasteiger partial charge in [0.2, 0.25) is 0 Å². The molecule has 132 valence electrons. The monoisotopic (exact) mass is 350 g/mol. The maximum atomic E-state index is 12.3. The van der Waals surface area contributed by atoms with Crippen molar-refractivity contribution in [2.45, 2.75) is 0 Å². The first-order chi connectivity index (χ1) is 12.6. The molecule has 0 aliphatic heterocycles. The number of methoxy groups -OCH3 is 2. The van der Waals surface area contributed by atoms with Crippen molar-refractivity contribution in [3.63, 3.8) is 0 Å². The van der Waals surface area contributed by atoms with Crippen molar-refractivity contribution < 1.29 is 19.1 Å². The van der Waals surface area contributed by atoms with Crippen molar-refractivity contribution in [3.8, 4) is 11.5 Å². The summed E-state index contributed by atoms with van der Waals surface area (Å²) in [6.45, 7) is 0. The highest BCUT2D eigenvalue weighted by Crippen LogP contribution is 2.24. The second-order valence-electron chi connectivity index (χ2n) is 5.54. The third-order valence-corrected chi connectivity index (χ3v) is 3.95. The second kappa shape index (κ2) is 7.57. The number of rotatable bonds is 4. The highest BCUT2D eigenvalue weighted by atomic mass is 16.5. The van der Waals surface area contributed by atoms with E-state index in [0.29, 0.717) is 17.1 Å². The van der Waals surface area contributed by atoms with E-state index in [1.807, 2.05) is 30.3 Å². The second-order valence-corrected chi connectivity index (χ2v) is 5.54. The van der Waals surface area contributed by atoms with Gasteiger partial charge in [-0.2, -0.15) is 0 Å². The van der Waals surface area contributed by atoms with E-state index >= 15 is 0 Å². The first-order valence-electron chi connectivity index (χ1n) is 7.94. The Hall–Kier alpha value is -3.54. The summed E-state index contributed by atoms with van der Waals surface area (Å²) in [6, 6.07) is 17.9. The molecule has 0 aliphatic carbocycles. The Labute approximate surface area is 150 Å². The molecule has 0 aromatic heterocycles. The Balaban J connectivity index is 1.71. The van der Waals surface area contributed by atoms with Gasteiger partial charge < -0.3 is 9.47 Å². The third-order valence-electron chi connectivity index (χ3n) is 3.95. The summed E-state index contributed by atoms with van der Waals surface area (Å²) in [4.78, 5) is 24.6. The highest BCUT2D eigenvalue weighted by Gasteiger charge is 2.14. The molecule has 0 saturated heterocycles. The number of benzene rings is 3. The predicted octanol–water partition coefficient (Wildman–Crippen LogP) is 2.93. The zero-order chi connectivity index (χ0) is 18.5. The van der Waals surface area contributed by atoms with Gasteiger partial charge in [-0.15, -0.1) is 0 Å². The van der Waals surface area contributed by atoms with Crippen LogP contribution >= 0.6 is 0 Å². The molecule has 6 nitrogen and oxygen atoms in total. The maximum Gasteiger partial charge on any atom is 0.273 e. The molecule has 2 amide bonds. The molecule has 0 radical (unpaired) electrons. The Morgan fingerprint density at radius 2 is 1.50 bits per heavy atom. The van der Waals surface area contributed by atoms with Gasteiger partial charge in [0.1, 0.15) is 11.5 Å². The third kappa shape index (κ3) is 3.59. The summed E-state index contributed by atoms with van der Waals surface area (Å²) < 4.78 is 10.3. The van der Waals surface area contributed by atoms with Gasteiger partial charge >= 0.3 is 0 Å². The van der Waals surface area contributed by atoms with Crippen LogP contribution in [-0.4, -0.2) is 26.0 Å². The van der Waals surface area contributed by atoms with Crippen LogP contribution in [0.15, 0.2) is 60.7 Å². The lowest BCUT2D eigenvalue weighted by Crippen LogP contribution is -2.41. The van der Waals surface area contributed by atoms with Crippen molar-refractivity contribution in [1.82, 2.24) is 10.9 Å². The average molecular weight is 350 g/mol. The largest absolute Gasteiger partial charge is 0.497 e. The van der Waals surface area contributed by atoms with Crippen LogP contribution < -0.4 is 20.3 Å². The lowest BCUT2D eigenvalue weighted by atomic mass is 10.1. The molecule has 26 heavy (non-hydrogen) atoms. The molecule has 2 N–H and O–H groups in total. The molecule has 3 aromatic carbocycles. The van der Waals surface area contributed by atoms with Crippen LogP contribution in [0.2, 0.25) is 0 Å². The first kappa shape index (κ1) is 17.3. The van der Waals surface area contributed by atoms with Crippen LogP contribution in [0, 0.1) is 0 Å². The molecule has 6 heteroatoms. The van der Waals surface area contributed by atoms with Gasteiger partial charge in [0.05, 0.1) is 19.8 Å². The fraction of sp³-hybridized carbons (Fsp3) is 0.100. The Morgan fingerprint density at radius 3 is 2.23 bits per heavy atom. The fourth-order valence-electron chi connectivity index (χ4n) is 2.57. The van der Waals surface area contributed by atoms with E-state index in [1.54, 1.807) is 30.3 Å². The van der Waals surface area contributed by atoms with Gasteiger partial charge in [-0.1, -0.05) is 30.3 Å². The minimum Gasteiger partial charge on any atom is -0.497 e. The van der Waals surface area contributed by atoms with Crippen molar-refractivity contribution in [3.05, 3.63) is 71.8 Å². The molecule has 3 aromatic rings. The van der Waals surface area contributed by atoms with E-state index in [4.69, 9.17) is 9.47 Å². The van der Waals surface area contributed by atoms with Crippen LogP contribution in [-0.2, 0) is 0 Å². The van der Waals surface area contributed by atoms with E-state index in [2.05, 4.69) is 10.9 Å². The van der Waals surface area contributed by atoms with Crippen molar-refractivity contribution in [1.29, 1.82) is 0 Å². The molecular formula is C20H18N2O4. The van der Waals surface area contributed by atoms with Crippen molar-refractivity contribution in [2.24, 2.45) is 0 Å². The van der Waals surface area contributed by atoms with Crippen LogP contribution in [0.5, 0.6) is 11.5 Å². The predicted molar refractivity (Wildman–Crippen MR) is 98.4 cm³/mol. The molecule has 0 unspecified atom stereocenters. The molecular weight excluding hydrogens is 332 g/mol. The number of nitrogens with one attached hydrogen (secondary N) is 2. The molecule has 3 rings (SSSR count). The topological polar surface area (TPSA) is 76.7 Å². The minimum atomic E-state index is -0.487. The van der Waals surface area contributed by atoms with Gasteiger partial charge in [-0.3, -0.25) is 20.4 Å². The number of amides is 2. The molecule has 0 fully saturated rings. The number of hydrazine groups is 1. The zero-order valence-corrected chi connectivity index (χ0v) is 14.4. The van der Waals surface area contributed by atoms with Crippen molar-refractivity contribution >= 4 is 22.6 Å². The van der Waals surface area contributed by atoms with Crippen molar-refractivity contribution in [2.75, 3.05) is 14.2 Å². The summed E-state index contributed by atoms with van der Waals surface area (Å²) in [6.07, 6.45) is 0. The Morgan fingerprint density at radius 1 is 0.769 bits per heavy atom. The van der Waals surface area contributed by atoms with Crippen LogP contribution in [0.25, 0.3) is 10.8 Å². The molecule has 0 spiro atoms. The van der Waals surface area contributed by atoms with Gasteiger partial charge in [0.15, 0.2) is 0 Å². The van der Waals surface area contributed by atoms with E-state index in [-0.39, 0.29) is 5.56 Å². The number of hydrogen-bond donors (Lipinski definition) is 2. The quantitative estimate of drug-likeness (QED) is 0.710. The number of ether oxygens (including phenoxy) is 2. The standard InChI is InChI=1S/C20H18N2O4/c1-25-16-9-10-17(18(12-16)26-2)20(24)22-21-19(23)15-8-7-13-5-3-4-6-14(13)11-15/h3-12H,1-2H3,(H,21,23)(H,22,24). The van der Waals surface area contributed by atoms with Crippen LogP contribution in [0.4, 0.5) is 0 Å². The molecule has 0 atom stereocenters. The summed E-state index contributed by atoms with van der Waals surface area (Å²) in [5.41, 5.74) is 5.55. The van der Waals surface area contributed by atoms with Gasteiger partial charge in [0.25, 0.3) is 11.8 Å². The fourth-order valence-corrected chi connectivity index (χ4v) is 2.57. The number of carbonyl (C=O) groups excluding carboxylic acids is 2. The van der Waals surface area contributed by atoms with E-state index in [0.717, 1.165) is 10.8 Å². The first-order valence-corrected chi connectivity index (χ1v) is 7.94. The Bertz CT molecular complexity index is 969. The number of fused-ring (bicyclic) bond motifs is 1. The number of hydrogen-bond acceptors (Lipinski definition) is 4. The molecule has 0 bridgehead atoms. The minimum absolute atomic E-state index is 0.284. The SMILES string of the molecule is COc1ccc(C(=O)NNC(=O)c2ccc3ccccc3c2)c(OC)c1. The van der Waals surface area contributed by atoms with E-state index < -0.39 is 11.8 Å². The summed E-state index contributed by atoms with van der Waals surface area (Å²) in [5, 5.41) is 1.99. The van der Waals surface area contributed by atoms with Gasteiger partial charge in [-0.05, 0) is 35.0 Å². The molecule has 0 saturated carbocycles. The van der Waals surface area contributed by atoms with Crippen LogP contribution in [0.3, 0.4) is 0 Å². The summed E-state index contributed by atoms with van der Waals surface area (Å²) in [5.74, 6) is 0.0237.